The van der Waals surface area contributed by atoms with Crippen LogP contribution in [0, 0.1) is 0 Å². The number of thiazole rings is 1. The highest BCUT2D eigenvalue weighted by atomic mass is 32.2. The zero-order valence-electron chi connectivity index (χ0n) is 39.1. The molecule has 1 saturated heterocycles. The Balaban J connectivity index is 1.00. The van der Waals surface area contributed by atoms with Crippen LogP contribution in [0.2, 0.25) is 0 Å². The Hall–Kier alpha value is -8.33. The van der Waals surface area contributed by atoms with Gasteiger partial charge in [-0.3, -0.25) is 28.6 Å². The third-order valence-corrected chi connectivity index (χ3v) is 14.6. The van der Waals surface area contributed by atoms with Crippen molar-refractivity contribution in [3.8, 4) is 0 Å². The predicted molar refractivity (Wildman–Crippen MR) is 281 cm³/mol. The molecular weight excluding hydrogens is 987 g/mol. The molecule has 2 aliphatic rings. The molecule has 0 spiro atoms. The number of carbonyl (C=O) groups is 3. The smallest absolute Gasteiger partial charge is 0.356 e. The summed E-state index contributed by atoms with van der Waals surface area (Å²) in [6.07, 6.45) is 2.07. The molecule has 5 aromatic carbocycles. The Morgan fingerprint density at radius 3 is 1.97 bits per heavy atom. The number of aromatic nitrogens is 4. The molecule has 3 N–H and O–H groups in total. The average Bonchev–Trinajstić information content (AvgIpc) is 3.90. The molecule has 4 heterocycles. The number of allylic oxidation sites excluding steroid dienone is 1. The molecule has 2 aromatic heterocycles. The number of oxime groups is 2. The number of β-lactam (4-membered cyclic amide) rings is 1. The lowest BCUT2D eigenvalue weighted by atomic mass is 9.77. The van der Waals surface area contributed by atoms with Crippen molar-refractivity contribution in [1.29, 1.82) is 0 Å². The van der Waals surface area contributed by atoms with Gasteiger partial charge in [-0.15, -0.1) is 28.2 Å². The van der Waals surface area contributed by atoms with Crippen LogP contribution in [0.1, 0.15) is 39.6 Å². The quantitative estimate of drug-likeness (QED) is 0.0141. The SMILES string of the molecule is CON=CCn1c(SC=CC2=C(C(=O)OC(c3ccccc3)c3ccccc3)N3C(=O)C(NC(=O)C(=NOC)c4csc(NC(c5ccccc5)(c5ccccc5)c5ccccc5)n4)C3SC2)n[nH]c(=O)c1=O. The van der Waals surface area contributed by atoms with Gasteiger partial charge in [0, 0.05) is 11.1 Å². The van der Waals surface area contributed by atoms with E-state index in [1.54, 1.807) is 16.9 Å². The number of H-pyrrole nitrogens is 1. The number of fused-ring (bicyclic) bond motifs is 1. The normalized spacial score (nSPS) is 15.8. The summed E-state index contributed by atoms with van der Waals surface area (Å²) in [7, 11) is 2.66. The number of carbonyl (C=O) groups excluding carboxylic acids is 3. The summed E-state index contributed by atoms with van der Waals surface area (Å²) in [5.74, 6) is -1.89. The topological polar surface area (TPSA) is 212 Å². The first-order valence-corrected chi connectivity index (χ1v) is 25.4. The van der Waals surface area contributed by atoms with Gasteiger partial charge < -0.3 is 25.0 Å². The van der Waals surface area contributed by atoms with Crippen molar-refractivity contribution in [3.63, 3.8) is 0 Å². The molecule has 0 bridgehead atoms. The van der Waals surface area contributed by atoms with Crippen LogP contribution in [-0.4, -0.2) is 85.7 Å². The molecule has 20 heteroatoms. The van der Waals surface area contributed by atoms with Crippen molar-refractivity contribution in [2.75, 3.05) is 25.3 Å². The standard InChI is InChI=1S/C53H45N9O8S3/c1-68-54-29-30-61-48(66)46(64)58-59-52(61)71-31-28-36-32-72-49-42(47(65)62(49)43(36)50(67)70-44(34-18-8-3-9-19-34)35-20-10-4-11-21-35)56-45(63)41(60-69-2)40-33-73-51(55-40)57-53(37-22-12-5-13-23-37,38-24-14-6-15-25-38)39-26-16-7-17-27-39/h3-29,31,33,42,44,49H,30,32H2,1-2H3,(H,55,57)(H,56,63)(H,58,64). The predicted octanol–water partition coefficient (Wildman–Crippen LogP) is 7.07. The van der Waals surface area contributed by atoms with E-state index < -0.39 is 52.0 Å². The van der Waals surface area contributed by atoms with Crippen LogP contribution in [0.15, 0.2) is 205 Å². The van der Waals surface area contributed by atoms with Crippen LogP contribution in [0.5, 0.6) is 0 Å². The van der Waals surface area contributed by atoms with Gasteiger partial charge in [0.25, 0.3) is 11.8 Å². The van der Waals surface area contributed by atoms with Gasteiger partial charge in [-0.05, 0) is 44.9 Å². The van der Waals surface area contributed by atoms with E-state index in [4.69, 9.17) is 19.4 Å². The molecule has 2 amide bonds. The fourth-order valence-corrected chi connectivity index (χ4v) is 11.2. The molecule has 0 radical (unpaired) electrons. The van der Waals surface area contributed by atoms with E-state index in [2.05, 4.69) is 31.1 Å². The third kappa shape index (κ3) is 10.5. The van der Waals surface area contributed by atoms with Crippen molar-refractivity contribution in [2.24, 2.45) is 10.3 Å². The highest BCUT2D eigenvalue weighted by Crippen LogP contribution is 2.43. The third-order valence-electron chi connectivity index (χ3n) is 11.8. The second-order valence-electron chi connectivity index (χ2n) is 16.1. The van der Waals surface area contributed by atoms with Crippen LogP contribution in [0.3, 0.4) is 0 Å². The fraction of sp³-hybridized carbons (Fsp3) is 0.151. The van der Waals surface area contributed by atoms with E-state index in [0.29, 0.717) is 21.8 Å². The first-order chi connectivity index (χ1) is 35.7. The Bertz CT molecular complexity index is 3200. The number of aromatic amines is 1. The van der Waals surface area contributed by atoms with E-state index in [-0.39, 0.29) is 34.6 Å². The Morgan fingerprint density at radius 1 is 0.836 bits per heavy atom. The largest absolute Gasteiger partial charge is 0.448 e. The van der Waals surface area contributed by atoms with E-state index in [1.807, 2.05) is 152 Å². The molecule has 0 saturated carbocycles. The summed E-state index contributed by atoms with van der Waals surface area (Å²) < 4.78 is 7.44. The van der Waals surface area contributed by atoms with Gasteiger partial charge in [-0.1, -0.05) is 174 Å². The summed E-state index contributed by atoms with van der Waals surface area (Å²) in [5.41, 5.74) is 1.99. The lowest BCUT2D eigenvalue weighted by Gasteiger charge is -2.49. The second-order valence-corrected chi connectivity index (χ2v) is 19.0. The molecule has 2 atom stereocenters. The molecule has 17 nitrogen and oxygen atoms in total. The summed E-state index contributed by atoms with van der Waals surface area (Å²) in [5, 5.41) is 23.7. The molecule has 1 fully saturated rings. The van der Waals surface area contributed by atoms with Gasteiger partial charge in [-0.25, -0.2) is 14.9 Å². The number of esters is 1. The number of benzene rings is 5. The number of thioether (sulfide) groups is 2. The molecule has 73 heavy (non-hydrogen) atoms. The molecule has 7 aromatic rings. The molecule has 9 rings (SSSR count). The van der Waals surface area contributed by atoms with E-state index in [9.17, 15) is 24.0 Å². The number of ether oxygens (including phenoxy) is 1. The van der Waals surface area contributed by atoms with Crippen molar-refractivity contribution in [3.05, 3.63) is 234 Å². The Kier molecular flexibility index (Phi) is 15.5. The summed E-state index contributed by atoms with van der Waals surface area (Å²) in [6, 6.07) is 47.4. The van der Waals surface area contributed by atoms with Crippen LogP contribution in [0.4, 0.5) is 5.13 Å². The summed E-state index contributed by atoms with van der Waals surface area (Å²) in [6.45, 7) is -0.109. The van der Waals surface area contributed by atoms with Crippen molar-refractivity contribution in [1.82, 2.24) is 30.0 Å². The monoisotopic (exact) mass is 1030 g/mol. The second kappa shape index (κ2) is 22.8. The number of nitrogens with one attached hydrogen (secondary N) is 3. The van der Waals surface area contributed by atoms with Crippen molar-refractivity contribution in [2.45, 2.75) is 34.8 Å². The van der Waals surface area contributed by atoms with Crippen LogP contribution < -0.4 is 21.8 Å². The van der Waals surface area contributed by atoms with Gasteiger partial charge in [0.15, 0.2) is 22.1 Å². The van der Waals surface area contributed by atoms with E-state index >= 15 is 0 Å². The van der Waals surface area contributed by atoms with Gasteiger partial charge in [-0.2, -0.15) is 0 Å². The summed E-state index contributed by atoms with van der Waals surface area (Å²) in [4.78, 5) is 84.6. The lowest BCUT2D eigenvalue weighted by Crippen LogP contribution is -2.71. The lowest BCUT2D eigenvalue weighted by molar-refractivity contribution is -0.154. The van der Waals surface area contributed by atoms with Gasteiger partial charge in [0.2, 0.25) is 0 Å². The number of nitrogens with zero attached hydrogens (tertiary/aromatic N) is 6. The molecule has 2 aliphatic heterocycles. The maximum Gasteiger partial charge on any atom is 0.356 e. The van der Waals surface area contributed by atoms with Crippen LogP contribution >= 0.6 is 34.9 Å². The molecule has 368 valence electrons. The Morgan fingerprint density at radius 2 is 1.41 bits per heavy atom. The minimum atomic E-state index is -1.09. The molecule has 2 unspecified atom stereocenters. The number of rotatable bonds is 19. The highest BCUT2D eigenvalue weighted by Gasteiger charge is 2.55. The highest BCUT2D eigenvalue weighted by molar-refractivity contribution is 8.02. The van der Waals surface area contributed by atoms with Gasteiger partial charge in [0.1, 0.15) is 42.6 Å². The zero-order valence-corrected chi connectivity index (χ0v) is 41.5. The minimum absolute atomic E-state index is 0.0354. The average molecular weight is 1030 g/mol. The van der Waals surface area contributed by atoms with Crippen LogP contribution in [0.25, 0.3) is 0 Å². The maximum absolute atomic E-state index is 14.7. The van der Waals surface area contributed by atoms with Crippen molar-refractivity contribution >= 4 is 69.7 Å². The molecule has 0 aliphatic carbocycles. The first kappa shape index (κ1) is 49.6. The van der Waals surface area contributed by atoms with E-state index in [0.717, 1.165) is 33.0 Å². The first-order valence-electron chi connectivity index (χ1n) is 22.6. The number of hydrogen-bond acceptors (Lipinski definition) is 16. The summed E-state index contributed by atoms with van der Waals surface area (Å²) >= 11 is 3.58. The number of hydrogen-bond donors (Lipinski definition) is 3. The zero-order chi connectivity index (χ0) is 50.7. The van der Waals surface area contributed by atoms with Gasteiger partial charge >= 0.3 is 17.1 Å². The van der Waals surface area contributed by atoms with Crippen molar-refractivity contribution < 1.29 is 28.8 Å². The molecular formula is C53H45N9O8S3. The minimum Gasteiger partial charge on any atom is -0.448 e. The van der Waals surface area contributed by atoms with Crippen LogP contribution in [-0.2, 0) is 40.9 Å². The maximum atomic E-state index is 14.7. The number of anilines is 1. The fourth-order valence-electron chi connectivity index (χ4n) is 8.43. The number of amides is 2. The Labute approximate surface area is 430 Å². The van der Waals surface area contributed by atoms with E-state index in [1.165, 1.54) is 48.4 Å². The van der Waals surface area contributed by atoms with Gasteiger partial charge in [0.05, 0.1) is 12.8 Å².